The first-order valence-electron chi connectivity index (χ1n) is 13.0. The highest BCUT2D eigenvalue weighted by Crippen LogP contribution is 2.38. The van der Waals surface area contributed by atoms with Gasteiger partial charge in [-0.15, -0.1) is 0 Å². The van der Waals surface area contributed by atoms with E-state index in [0.717, 1.165) is 39.7 Å². The van der Waals surface area contributed by atoms with Crippen molar-refractivity contribution < 1.29 is 13.2 Å². The first-order chi connectivity index (χ1) is 18.4. The lowest BCUT2D eigenvalue weighted by molar-refractivity contribution is -0.136. The predicted molar refractivity (Wildman–Crippen MR) is 154 cm³/mol. The molecule has 0 bridgehead atoms. The molecule has 1 heterocycles. The fourth-order valence-corrected chi connectivity index (χ4v) is 4.93. The van der Waals surface area contributed by atoms with Crippen LogP contribution in [0.5, 0.6) is 0 Å². The molecule has 5 rings (SSSR count). The van der Waals surface area contributed by atoms with Gasteiger partial charge in [0, 0.05) is 22.3 Å². The van der Waals surface area contributed by atoms with Gasteiger partial charge < -0.3 is 5.32 Å². The van der Waals surface area contributed by atoms with Gasteiger partial charge in [-0.3, -0.25) is 4.68 Å². The molecule has 0 aliphatic carbocycles. The van der Waals surface area contributed by atoms with E-state index < -0.39 is 11.7 Å². The molecule has 39 heavy (non-hydrogen) atoms. The number of hydrogen-bond acceptors (Lipinski definition) is 2. The van der Waals surface area contributed by atoms with Crippen LogP contribution in [-0.4, -0.2) is 9.78 Å². The fourth-order valence-electron chi connectivity index (χ4n) is 4.93. The molecular formula is C33H32F3N3. The van der Waals surface area contributed by atoms with Crippen molar-refractivity contribution in [1.29, 1.82) is 0 Å². The molecule has 0 unspecified atom stereocenters. The molecular weight excluding hydrogens is 495 g/mol. The van der Waals surface area contributed by atoms with Crippen LogP contribution < -0.4 is 5.32 Å². The first-order valence-corrected chi connectivity index (χ1v) is 13.0. The zero-order chi connectivity index (χ0) is 27.9. The normalized spacial score (nSPS) is 12.2. The standard InChI is InChI=1S/C33H32F3N3/c1-21-12-13-24(22(2)18-21)20-39-31(28-10-7-11-29(30(28)38-39)33(34,35)36)23-14-16-26(17-15-23)37-27-9-6-8-25(19-27)32(3,4)5/h6-19,37H,20H2,1-5H3. The van der Waals surface area contributed by atoms with Crippen LogP contribution in [0.25, 0.3) is 22.2 Å². The van der Waals surface area contributed by atoms with E-state index >= 15 is 0 Å². The average molecular weight is 528 g/mol. The Hall–Kier alpha value is -4.06. The highest BCUT2D eigenvalue weighted by Gasteiger charge is 2.34. The SMILES string of the molecule is Cc1ccc(Cn2nc3c(C(F)(F)F)cccc3c2-c2ccc(Nc3cccc(C(C)(C)C)c3)cc2)c(C)c1. The van der Waals surface area contributed by atoms with Crippen LogP contribution in [0, 0.1) is 13.8 Å². The Morgan fingerprint density at radius 2 is 1.51 bits per heavy atom. The molecule has 1 N–H and O–H groups in total. The maximum atomic E-state index is 13.9. The van der Waals surface area contributed by atoms with E-state index in [1.54, 1.807) is 10.7 Å². The molecule has 3 nitrogen and oxygen atoms in total. The van der Waals surface area contributed by atoms with Crippen LogP contribution in [0.3, 0.4) is 0 Å². The Bertz CT molecular complexity index is 1640. The van der Waals surface area contributed by atoms with Gasteiger partial charge in [-0.05, 0) is 66.3 Å². The second-order valence-corrected chi connectivity index (χ2v) is 11.2. The molecule has 5 aromatic rings. The number of anilines is 2. The quantitative estimate of drug-likeness (QED) is 0.247. The number of aromatic nitrogens is 2. The van der Waals surface area contributed by atoms with Gasteiger partial charge in [0.1, 0.15) is 5.52 Å². The maximum Gasteiger partial charge on any atom is 0.418 e. The second-order valence-electron chi connectivity index (χ2n) is 11.2. The van der Waals surface area contributed by atoms with Crippen LogP contribution >= 0.6 is 0 Å². The van der Waals surface area contributed by atoms with Gasteiger partial charge in [-0.25, -0.2) is 0 Å². The van der Waals surface area contributed by atoms with Gasteiger partial charge in [0.05, 0.1) is 17.8 Å². The molecule has 0 radical (unpaired) electrons. The van der Waals surface area contributed by atoms with Crippen molar-refractivity contribution in [3.05, 3.63) is 113 Å². The summed E-state index contributed by atoms with van der Waals surface area (Å²) in [5.41, 5.74) is 7.07. The highest BCUT2D eigenvalue weighted by molar-refractivity contribution is 5.95. The van der Waals surface area contributed by atoms with Crippen LogP contribution in [0.2, 0.25) is 0 Å². The van der Waals surface area contributed by atoms with E-state index in [1.807, 2.05) is 62.4 Å². The lowest BCUT2D eigenvalue weighted by atomic mass is 9.87. The third-order valence-corrected chi connectivity index (χ3v) is 7.07. The number of halogens is 3. The van der Waals surface area contributed by atoms with Crippen molar-refractivity contribution in [3.8, 4) is 11.3 Å². The summed E-state index contributed by atoms with van der Waals surface area (Å²) in [7, 11) is 0. The minimum Gasteiger partial charge on any atom is -0.356 e. The fraction of sp³-hybridized carbons (Fsp3) is 0.242. The van der Waals surface area contributed by atoms with Crippen molar-refractivity contribution in [2.24, 2.45) is 0 Å². The molecule has 0 aliphatic rings. The number of alkyl halides is 3. The number of nitrogens with zero attached hydrogens (tertiary/aromatic N) is 2. The smallest absolute Gasteiger partial charge is 0.356 e. The summed E-state index contributed by atoms with van der Waals surface area (Å²) < 4.78 is 43.4. The summed E-state index contributed by atoms with van der Waals surface area (Å²) in [4.78, 5) is 0. The summed E-state index contributed by atoms with van der Waals surface area (Å²) in [5, 5.41) is 8.45. The van der Waals surface area contributed by atoms with Crippen molar-refractivity contribution in [1.82, 2.24) is 9.78 Å². The lowest BCUT2D eigenvalue weighted by Gasteiger charge is -2.20. The minimum atomic E-state index is -4.49. The van der Waals surface area contributed by atoms with E-state index in [-0.39, 0.29) is 10.9 Å². The Kier molecular flexibility index (Phi) is 6.75. The molecule has 0 amide bonds. The summed E-state index contributed by atoms with van der Waals surface area (Å²) >= 11 is 0. The van der Waals surface area contributed by atoms with Crippen molar-refractivity contribution in [3.63, 3.8) is 0 Å². The Balaban J connectivity index is 1.56. The van der Waals surface area contributed by atoms with Gasteiger partial charge in [-0.1, -0.05) is 80.9 Å². The molecule has 6 heteroatoms. The van der Waals surface area contributed by atoms with E-state index in [4.69, 9.17) is 0 Å². The maximum absolute atomic E-state index is 13.9. The van der Waals surface area contributed by atoms with Gasteiger partial charge in [-0.2, -0.15) is 18.3 Å². The highest BCUT2D eigenvalue weighted by atomic mass is 19.4. The summed E-state index contributed by atoms with van der Waals surface area (Å²) in [6.07, 6.45) is -4.49. The summed E-state index contributed by atoms with van der Waals surface area (Å²) in [6, 6.07) is 26.5. The molecule has 0 spiro atoms. The number of rotatable bonds is 5. The molecule has 0 fully saturated rings. The monoisotopic (exact) mass is 527 g/mol. The third kappa shape index (κ3) is 5.56. The zero-order valence-electron chi connectivity index (χ0n) is 22.8. The molecule has 0 aliphatic heterocycles. The minimum absolute atomic E-state index is 0.0338. The number of fused-ring (bicyclic) bond motifs is 1. The van der Waals surface area contributed by atoms with Crippen molar-refractivity contribution >= 4 is 22.3 Å². The first kappa shape index (κ1) is 26.5. The Morgan fingerprint density at radius 3 is 2.18 bits per heavy atom. The van der Waals surface area contributed by atoms with Gasteiger partial charge in [0.2, 0.25) is 0 Å². The van der Waals surface area contributed by atoms with Crippen LogP contribution in [0.15, 0.2) is 84.9 Å². The number of nitrogens with one attached hydrogen (secondary N) is 1. The van der Waals surface area contributed by atoms with Gasteiger partial charge in [0.15, 0.2) is 0 Å². The van der Waals surface area contributed by atoms with Crippen LogP contribution in [0.4, 0.5) is 24.5 Å². The predicted octanol–water partition coefficient (Wildman–Crippen LogP) is 9.43. The van der Waals surface area contributed by atoms with E-state index in [9.17, 15) is 13.2 Å². The van der Waals surface area contributed by atoms with Crippen molar-refractivity contribution in [2.75, 3.05) is 5.32 Å². The topological polar surface area (TPSA) is 29.9 Å². The van der Waals surface area contributed by atoms with E-state index in [1.165, 1.54) is 11.6 Å². The summed E-state index contributed by atoms with van der Waals surface area (Å²) in [5.74, 6) is 0. The number of hydrogen-bond donors (Lipinski definition) is 1. The van der Waals surface area contributed by atoms with E-state index in [0.29, 0.717) is 17.6 Å². The molecule has 200 valence electrons. The third-order valence-electron chi connectivity index (χ3n) is 7.07. The number of aryl methyl sites for hydroxylation is 2. The van der Waals surface area contributed by atoms with E-state index in [2.05, 4.69) is 49.4 Å². The van der Waals surface area contributed by atoms with Gasteiger partial charge >= 0.3 is 6.18 Å². The Morgan fingerprint density at radius 1 is 0.795 bits per heavy atom. The zero-order valence-corrected chi connectivity index (χ0v) is 22.8. The van der Waals surface area contributed by atoms with Gasteiger partial charge in [0.25, 0.3) is 0 Å². The molecule has 0 atom stereocenters. The van der Waals surface area contributed by atoms with Crippen molar-refractivity contribution in [2.45, 2.75) is 52.8 Å². The van der Waals surface area contributed by atoms with Crippen LogP contribution in [-0.2, 0) is 18.1 Å². The Labute approximate surface area is 227 Å². The summed E-state index contributed by atoms with van der Waals surface area (Å²) in [6.45, 7) is 10.9. The number of benzene rings is 4. The average Bonchev–Trinajstić information content (AvgIpc) is 3.23. The molecule has 4 aromatic carbocycles. The van der Waals surface area contributed by atoms with Crippen LogP contribution in [0.1, 0.15) is 48.6 Å². The second kappa shape index (κ2) is 9.92. The largest absolute Gasteiger partial charge is 0.418 e. The molecule has 1 aromatic heterocycles. The molecule has 0 saturated heterocycles. The lowest BCUT2D eigenvalue weighted by Crippen LogP contribution is -2.11. The molecule has 0 saturated carbocycles.